The van der Waals surface area contributed by atoms with Crippen LogP contribution in [0.1, 0.15) is 0 Å². The second-order valence-electron chi connectivity index (χ2n) is 2.16. The molecule has 90 valence electrons. The molecular formula is C5H2F9N. The minimum Gasteiger partial charge on any atom is -0.200 e. The van der Waals surface area contributed by atoms with Crippen molar-refractivity contribution in [2.45, 2.75) is 18.8 Å². The second-order valence-corrected chi connectivity index (χ2v) is 2.16. The zero-order valence-electron chi connectivity index (χ0n) is 6.50. The number of nitrogens with zero attached hydrogens (tertiary/aromatic N) is 1. The lowest BCUT2D eigenvalue weighted by Gasteiger charge is -2.25. The van der Waals surface area contributed by atoms with E-state index < -0.39 is 36.0 Å². The lowest BCUT2D eigenvalue weighted by atomic mass is 10.5. The second kappa shape index (κ2) is 3.81. The van der Waals surface area contributed by atoms with Gasteiger partial charge in [-0.2, -0.15) is 13.2 Å². The van der Waals surface area contributed by atoms with E-state index in [9.17, 15) is 39.5 Å². The van der Waals surface area contributed by atoms with Crippen LogP contribution in [0.2, 0.25) is 0 Å². The third-order valence-electron chi connectivity index (χ3n) is 0.959. The summed E-state index contributed by atoms with van der Waals surface area (Å²) in [6.45, 7) is 0. The molecule has 0 saturated carbocycles. The van der Waals surface area contributed by atoms with Crippen LogP contribution in [-0.4, -0.2) is 23.7 Å². The molecule has 0 aliphatic carbocycles. The predicted octanol–water partition coefficient (Wildman–Crippen LogP) is 3.40. The quantitative estimate of drug-likeness (QED) is 0.507. The Morgan fingerprint density at radius 2 is 1.00 bits per heavy atom. The first-order valence-electron chi connectivity index (χ1n) is 3.03. The molecule has 0 fully saturated rings. The summed E-state index contributed by atoms with van der Waals surface area (Å²) in [4.78, 5) is -2.30. The molecule has 0 aromatic rings. The van der Waals surface area contributed by atoms with E-state index in [1.165, 1.54) is 0 Å². The largest absolute Gasteiger partial charge is 0.491 e. The van der Waals surface area contributed by atoms with Gasteiger partial charge in [0.15, 0.2) is 0 Å². The van der Waals surface area contributed by atoms with Crippen molar-refractivity contribution < 1.29 is 39.5 Å². The maximum Gasteiger partial charge on any atom is 0.491 e. The van der Waals surface area contributed by atoms with Gasteiger partial charge in [0.25, 0.3) is 0 Å². The molecule has 0 radical (unpaired) electrons. The third-order valence-corrected chi connectivity index (χ3v) is 0.959. The van der Waals surface area contributed by atoms with E-state index in [0.717, 1.165) is 0 Å². The first-order chi connectivity index (χ1) is 6.34. The lowest BCUT2D eigenvalue weighted by molar-refractivity contribution is -0.354. The highest BCUT2D eigenvalue weighted by Gasteiger charge is 2.52. The number of rotatable bonds is 1. The average Bonchev–Trinajstić information content (AvgIpc) is 1.75. The number of allylic oxidation sites excluding steroid dienone is 1. The summed E-state index contributed by atoms with van der Waals surface area (Å²) in [5.41, 5.74) is 0. The number of alkyl halides is 9. The van der Waals surface area contributed by atoms with E-state index >= 15 is 0 Å². The summed E-state index contributed by atoms with van der Waals surface area (Å²) in [6.07, 6.45) is -19.5. The van der Waals surface area contributed by atoms with E-state index in [4.69, 9.17) is 0 Å². The van der Waals surface area contributed by atoms with Crippen molar-refractivity contribution in [3.63, 3.8) is 0 Å². The van der Waals surface area contributed by atoms with Crippen LogP contribution in [0.15, 0.2) is 12.3 Å². The van der Waals surface area contributed by atoms with Crippen molar-refractivity contribution in [3.05, 3.63) is 12.3 Å². The molecule has 0 atom stereocenters. The van der Waals surface area contributed by atoms with Crippen molar-refractivity contribution in [2.75, 3.05) is 0 Å². The first-order valence-corrected chi connectivity index (χ1v) is 3.03. The van der Waals surface area contributed by atoms with Crippen molar-refractivity contribution in [3.8, 4) is 0 Å². The predicted molar refractivity (Wildman–Crippen MR) is 29.1 cm³/mol. The van der Waals surface area contributed by atoms with Crippen LogP contribution in [0, 0.1) is 0 Å². The molecule has 10 heteroatoms. The zero-order chi connectivity index (χ0) is 12.5. The normalized spacial score (nSPS) is 14.7. The topological polar surface area (TPSA) is 3.24 Å². The highest BCUT2D eigenvalue weighted by atomic mass is 19.4. The van der Waals surface area contributed by atoms with E-state index in [1.807, 2.05) is 0 Å². The molecule has 0 spiro atoms. The van der Waals surface area contributed by atoms with E-state index in [1.54, 1.807) is 0 Å². The van der Waals surface area contributed by atoms with Crippen molar-refractivity contribution in [1.82, 2.24) is 4.90 Å². The number of hydrogen-bond donors (Lipinski definition) is 0. The van der Waals surface area contributed by atoms with Gasteiger partial charge in [-0.3, -0.25) is 0 Å². The fourth-order valence-corrected chi connectivity index (χ4v) is 0.472. The van der Waals surface area contributed by atoms with Gasteiger partial charge in [-0.05, 0) is 0 Å². The van der Waals surface area contributed by atoms with Crippen LogP contribution < -0.4 is 0 Å². The monoisotopic (exact) mass is 247 g/mol. The number of halogens is 9. The average molecular weight is 247 g/mol. The minimum absolute atomic E-state index is 1.12. The molecule has 0 rings (SSSR count). The molecule has 0 bridgehead atoms. The van der Waals surface area contributed by atoms with Gasteiger partial charge < -0.3 is 0 Å². The van der Waals surface area contributed by atoms with Crippen LogP contribution >= 0.6 is 0 Å². The molecule has 0 amide bonds. The van der Waals surface area contributed by atoms with Crippen LogP contribution in [0.5, 0.6) is 0 Å². The van der Waals surface area contributed by atoms with Gasteiger partial charge in [0, 0.05) is 12.3 Å². The van der Waals surface area contributed by atoms with Crippen LogP contribution in [-0.2, 0) is 0 Å². The minimum atomic E-state index is -5.96. The van der Waals surface area contributed by atoms with Gasteiger partial charge in [0.2, 0.25) is 0 Å². The SMILES string of the molecule is FC(F)(F)C=CN(C(F)(F)F)C(F)(F)F. The molecule has 0 unspecified atom stereocenters. The summed E-state index contributed by atoms with van der Waals surface area (Å²) in [5.74, 6) is 0. The molecule has 0 aromatic heterocycles. The third kappa shape index (κ3) is 5.37. The Kier molecular flexibility index (Phi) is 3.54. The van der Waals surface area contributed by atoms with Gasteiger partial charge in [0.1, 0.15) is 0 Å². The van der Waals surface area contributed by atoms with Crippen LogP contribution in [0.25, 0.3) is 0 Å². The molecule has 0 aliphatic heterocycles. The summed E-state index contributed by atoms with van der Waals surface area (Å²) in [7, 11) is 0. The lowest BCUT2D eigenvalue weighted by Crippen LogP contribution is -2.44. The Hall–Kier alpha value is -1.09. The smallest absolute Gasteiger partial charge is 0.200 e. The fraction of sp³-hybridized carbons (Fsp3) is 0.600. The first kappa shape index (κ1) is 13.9. The highest BCUT2D eigenvalue weighted by Crippen LogP contribution is 2.34. The standard InChI is InChI=1S/C5H2F9N/c6-3(7,8)1-2-15(4(9,10)11)5(12,13)14/h1-2H. The van der Waals surface area contributed by atoms with Gasteiger partial charge in [-0.1, -0.05) is 0 Å². The molecule has 15 heavy (non-hydrogen) atoms. The van der Waals surface area contributed by atoms with E-state index in [2.05, 4.69) is 0 Å². The Morgan fingerprint density at radius 1 is 0.667 bits per heavy atom. The maximum atomic E-state index is 11.6. The maximum absolute atomic E-state index is 11.6. The molecular weight excluding hydrogens is 245 g/mol. The van der Waals surface area contributed by atoms with Gasteiger partial charge in [-0.25, -0.2) is 4.90 Å². The zero-order valence-corrected chi connectivity index (χ0v) is 6.50. The summed E-state index contributed by atoms with van der Waals surface area (Å²) < 4.78 is 104. The summed E-state index contributed by atoms with van der Waals surface area (Å²) >= 11 is 0. The Bertz CT molecular complexity index is 216. The fourth-order valence-electron chi connectivity index (χ4n) is 0.472. The van der Waals surface area contributed by atoms with Gasteiger partial charge >= 0.3 is 18.8 Å². The molecule has 0 saturated heterocycles. The van der Waals surface area contributed by atoms with Crippen molar-refractivity contribution in [2.24, 2.45) is 0 Å². The Labute approximate surface area is 76.8 Å². The molecule has 0 aliphatic rings. The van der Waals surface area contributed by atoms with E-state index in [0.29, 0.717) is 0 Å². The summed E-state index contributed by atoms with van der Waals surface area (Å²) in [6, 6.07) is 0. The highest BCUT2D eigenvalue weighted by molar-refractivity contribution is 4.90. The number of hydrogen-bond acceptors (Lipinski definition) is 1. The van der Waals surface area contributed by atoms with Crippen molar-refractivity contribution in [1.29, 1.82) is 0 Å². The van der Waals surface area contributed by atoms with E-state index in [-0.39, 0.29) is 0 Å². The summed E-state index contributed by atoms with van der Waals surface area (Å²) in [5, 5.41) is 0. The molecule has 0 heterocycles. The van der Waals surface area contributed by atoms with Crippen molar-refractivity contribution >= 4 is 0 Å². The Balaban J connectivity index is 4.94. The van der Waals surface area contributed by atoms with Gasteiger partial charge in [-0.15, -0.1) is 26.3 Å². The van der Waals surface area contributed by atoms with Crippen LogP contribution in [0.3, 0.4) is 0 Å². The van der Waals surface area contributed by atoms with Gasteiger partial charge in [0.05, 0.1) is 0 Å². The molecule has 0 aromatic carbocycles. The van der Waals surface area contributed by atoms with Crippen LogP contribution in [0.4, 0.5) is 39.5 Å². The Morgan fingerprint density at radius 3 is 1.20 bits per heavy atom. The molecule has 0 N–H and O–H groups in total. The molecule has 1 nitrogen and oxygen atoms in total.